The van der Waals surface area contributed by atoms with Crippen molar-refractivity contribution in [3.63, 3.8) is 0 Å². The van der Waals surface area contributed by atoms with E-state index >= 15 is 0 Å². The number of ketones is 1. The Morgan fingerprint density at radius 1 is 1.07 bits per heavy atom. The predicted octanol–water partition coefficient (Wildman–Crippen LogP) is 3.71. The van der Waals surface area contributed by atoms with Crippen LogP contribution in [0.15, 0.2) is 47.4 Å². The Morgan fingerprint density at radius 3 is 2.21 bits per heavy atom. The molecule has 2 rings (SSSR count). The van der Waals surface area contributed by atoms with E-state index in [4.69, 9.17) is 4.74 Å². The van der Waals surface area contributed by atoms with Crippen LogP contribution in [0.3, 0.4) is 0 Å². The lowest BCUT2D eigenvalue weighted by Gasteiger charge is -2.16. The van der Waals surface area contributed by atoms with Gasteiger partial charge in [0.1, 0.15) is 5.82 Å². The Hall–Kier alpha value is -2.74. The van der Waals surface area contributed by atoms with Gasteiger partial charge in [-0.15, -0.1) is 0 Å². The van der Waals surface area contributed by atoms with Gasteiger partial charge in [-0.2, -0.15) is 0 Å². The zero-order chi connectivity index (χ0) is 21.1. The summed E-state index contributed by atoms with van der Waals surface area (Å²) in [6.45, 7) is 6.35. The van der Waals surface area contributed by atoms with Gasteiger partial charge >= 0.3 is 5.97 Å². The number of carbonyl (C=O) groups excluding carboxylic acids is 2. The number of esters is 1. The molecule has 0 bridgehead atoms. The summed E-state index contributed by atoms with van der Waals surface area (Å²) < 4.78 is 45.5. The molecule has 2 aromatic carbocycles. The smallest absolute Gasteiger partial charge is 0.338 e. The maximum Gasteiger partial charge on any atom is 0.338 e. The Kier molecular flexibility index (Phi) is 6.23. The van der Waals surface area contributed by atoms with Gasteiger partial charge in [-0.25, -0.2) is 17.6 Å². The van der Waals surface area contributed by atoms with Crippen LogP contribution >= 0.6 is 0 Å². The van der Waals surface area contributed by atoms with Crippen LogP contribution in [-0.4, -0.2) is 26.8 Å². The summed E-state index contributed by atoms with van der Waals surface area (Å²) in [7, 11) is -3.91. The van der Waals surface area contributed by atoms with E-state index < -0.39 is 27.2 Å². The van der Waals surface area contributed by atoms with E-state index in [0.717, 1.165) is 12.1 Å². The van der Waals surface area contributed by atoms with Gasteiger partial charge in [-0.05, 0) is 55.0 Å². The second-order valence-electron chi connectivity index (χ2n) is 7.34. The lowest BCUT2D eigenvalue weighted by Crippen LogP contribution is -2.26. The number of sulfonamides is 1. The van der Waals surface area contributed by atoms with Crippen LogP contribution in [-0.2, 0) is 19.6 Å². The maximum absolute atomic E-state index is 13.2. The fourth-order valence-corrected chi connectivity index (χ4v) is 3.52. The van der Waals surface area contributed by atoms with Crippen LogP contribution in [0.2, 0.25) is 0 Å². The second-order valence-corrected chi connectivity index (χ2v) is 8.99. The van der Waals surface area contributed by atoms with Crippen molar-refractivity contribution in [1.29, 1.82) is 0 Å². The minimum atomic E-state index is -3.91. The molecule has 0 radical (unpaired) electrons. The van der Waals surface area contributed by atoms with Gasteiger partial charge in [0.25, 0.3) is 10.0 Å². The van der Waals surface area contributed by atoms with Gasteiger partial charge in [0.15, 0.2) is 12.4 Å². The molecule has 0 aliphatic heterocycles. The predicted molar refractivity (Wildman–Crippen MR) is 103 cm³/mol. The number of aryl methyl sites for hydroxylation is 1. The van der Waals surface area contributed by atoms with Gasteiger partial charge in [0.05, 0.1) is 10.5 Å². The number of halogens is 1. The van der Waals surface area contributed by atoms with E-state index in [1.54, 1.807) is 20.8 Å². The van der Waals surface area contributed by atoms with Crippen LogP contribution in [0.1, 0.15) is 36.7 Å². The monoisotopic (exact) mass is 407 g/mol. The van der Waals surface area contributed by atoms with Crippen molar-refractivity contribution in [2.75, 3.05) is 11.3 Å². The zero-order valence-corrected chi connectivity index (χ0v) is 16.9. The quantitative estimate of drug-likeness (QED) is 0.738. The van der Waals surface area contributed by atoms with Crippen molar-refractivity contribution in [2.45, 2.75) is 32.6 Å². The zero-order valence-electron chi connectivity index (χ0n) is 16.1. The summed E-state index contributed by atoms with van der Waals surface area (Å²) in [4.78, 5) is 23.8. The average molecular weight is 407 g/mol. The summed E-state index contributed by atoms with van der Waals surface area (Å²) in [5.74, 6) is -1.41. The van der Waals surface area contributed by atoms with Crippen molar-refractivity contribution in [1.82, 2.24) is 0 Å². The van der Waals surface area contributed by atoms with Gasteiger partial charge in [-0.3, -0.25) is 9.52 Å². The number of hydrogen-bond acceptors (Lipinski definition) is 5. The molecule has 0 aromatic heterocycles. The Balaban J connectivity index is 2.08. The first kappa shape index (κ1) is 21.6. The summed E-state index contributed by atoms with van der Waals surface area (Å²) in [5, 5.41) is 0. The molecule has 0 unspecified atom stereocenters. The van der Waals surface area contributed by atoms with E-state index in [2.05, 4.69) is 4.72 Å². The summed E-state index contributed by atoms with van der Waals surface area (Å²) in [5.41, 5.74) is 0.0749. The number of rotatable bonds is 6. The first-order valence-electron chi connectivity index (χ1n) is 8.49. The topological polar surface area (TPSA) is 89.5 Å². The molecule has 0 saturated carbocycles. The van der Waals surface area contributed by atoms with E-state index in [-0.39, 0.29) is 34.1 Å². The molecule has 150 valence electrons. The molecule has 1 N–H and O–H groups in total. The third-order valence-electron chi connectivity index (χ3n) is 3.97. The largest absolute Gasteiger partial charge is 0.454 e. The lowest BCUT2D eigenvalue weighted by molar-refractivity contribution is -0.129. The van der Waals surface area contributed by atoms with Crippen molar-refractivity contribution in [3.05, 3.63) is 59.4 Å². The molecule has 0 aliphatic carbocycles. The minimum absolute atomic E-state index is 0.0434. The van der Waals surface area contributed by atoms with Crippen LogP contribution in [0.4, 0.5) is 10.1 Å². The fraction of sp³-hybridized carbons (Fsp3) is 0.300. The maximum atomic E-state index is 13.2. The standard InChI is InChI=1S/C20H22FNO5S/c1-13-11-15(21)7-10-17(13)28(25,26)22-16-8-5-14(6-9-16)19(24)27-12-18(23)20(2,3)4/h5-11,22H,12H2,1-4H3. The minimum Gasteiger partial charge on any atom is -0.454 e. The van der Waals surface area contributed by atoms with E-state index in [0.29, 0.717) is 0 Å². The van der Waals surface area contributed by atoms with Crippen molar-refractivity contribution in [2.24, 2.45) is 5.41 Å². The molecular weight excluding hydrogens is 385 g/mol. The highest BCUT2D eigenvalue weighted by atomic mass is 32.2. The normalized spacial score (nSPS) is 11.8. The highest BCUT2D eigenvalue weighted by Gasteiger charge is 2.23. The molecular formula is C20H22FNO5S. The summed E-state index contributed by atoms with van der Waals surface area (Å²) in [6.07, 6.45) is 0. The van der Waals surface area contributed by atoms with Crippen molar-refractivity contribution < 1.29 is 27.1 Å². The van der Waals surface area contributed by atoms with E-state index in [1.165, 1.54) is 37.3 Å². The van der Waals surface area contributed by atoms with Crippen LogP contribution in [0.5, 0.6) is 0 Å². The molecule has 0 fully saturated rings. The molecule has 28 heavy (non-hydrogen) atoms. The van der Waals surface area contributed by atoms with Crippen LogP contribution in [0, 0.1) is 18.2 Å². The van der Waals surface area contributed by atoms with Crippen molar-refractivity contribution in [3.8, 4) is 0 Å². The number of hydrogen-bond donors (Lipinski definition) is 1. The molecule has 0 heterocycles. The SMILES string of the molecule is Cc1cc(F)ccc1S(=O)(=O)Nc1ccc(C(=O)OCC(=O)C(C)(C)C)cc1. The lowest BCUT2D eigenvalue weighted by atomic mass is 9.91. The Morgan fingerprint density at radius 2 is 1.68 bits per heavy atom. The molecule has 0 saturated heterocycles. The molecule has 6 nitrogen and oxygen atoms in total. The highest BCUT2D eigenvalue weighted by Crippen LogP contribution is 2.21. The molecule has 8 heteroatoms. The first-order valence-corrected chi connectivity index (χ1v) is 9.98. The summed E-state index contributed by atoms with van der Waals surface area (Å²) >= 11 is 0. The van der Waals surface area contributed by atoms with Gasteiger partial charge in [-0.1, -0.05) is 20.8 Å². The van der Waals surface area contributed by atoms with Crippen LogP contribution < -0.4 is 4.72 Å². The van der Waals surface area contributed by atoms with Crippen molar-refractivity contribution >= 4 is 27.5 Å². The Labute approximate surface area is 163 Å². The van der Waals surface area contributed by atoms with Gasteiger partial charge < -0.3 is 4.74 Å². The number of Topliss-reactive ketones (excluding diaryl/α,β-unsaturated/α-hetero) is 1. The average Bonchev–Trinajstić information content (AvgIpc) is 2.58. The number of benzene rings is 2. The highest BCUT2D eigenvalue weighted by molar-refractivity contribution is 7.92. The first-order chi connectivity index (χ1) is 12.9. The molecule has 0 aliphatic rings. The molecule has 2 aromatic rings. The van der Waals surface area contributed by atoms with Crippen LogP contribution in [0.25, 0.3) is 0 Å². The number of nitrogens with one attached hydrogen (secondary N) is 1. The molecule has 0 spiro atoms. The molecule has 0 amide bonds. The third kappa shape index (κ3) is 5.39. The summed E-state index contributed by atoms with van der Waals surface area (Å²) in [6, 6.07) is 8.97. The molecule has 0 atom stereocenters. The fourth-order valence-electron chi connectivity index (χ4n) is 2.23. The van der Waals surface area contributed by atoms with E-state index in [1.807, 2.05) is 0 Å². The number of carbonyl (C=O) groups is 2. The van der Waals surface area contributed by atoms with Gasteiger partial charge in [0.2, 0.25) is 0 Å². The Bertz CT molecular complexity index is 992. The second kappa shape index (κ2) is 8.10. The number of anilines is 1. The third-order valence-corrected chi connectivity index (χ3v) is 5.51. The van der Waals surface area contributed by atoms with E-state index in [9.17, 15) is 22.4 Å². The number of ether oxygens (including phenoxy) is 1. The van der Waals surface area contributed by atoms with Gasteiger partial charge in [0, 0.05) is 11.1 Å².